The van der Waals surface area contributed by atoms with Crippen molar-refractivity contribution in [1.29, 1.82) is 0 Å². The Morgan fingerprint density at radius 1 is 1.20 bits per heavy atom. The first-order chi connectivity index (χ1) is 9.54. The van der Waals surface area contributed by atoms with Gasteiger partial charge >= 0.3 is 0 Å². The molecular weight excluding hydrogens is 338 g/mol. The van der Waals surface area contributed by atoms with Crippen LogP contribution in [-0.2, 0) is 0 Å². The maximum atomic E-state index is 11.9. The van der Waals surface area contributed by atoms with Crippen molar-refractivity contribution in [2.45, 2.75) is 6.92 Å². The van der Waals surface area contributed by atoms with Crippen LogP contribution in [0.25, 0.3) is 0 Å². The van der Waals surface area contributed by atoms with Crippen LogP contribution in [0.2, 0.25) is 0 Å². The second kappa shape index (κ2) is 6.58. The van der Waals surface area contributed by atoms with Gasteiger partial charge in [0.25, 0.3) is 5.91 Å². The average Bonchev–Trinajstić information content (AvgIpc) is 2.42. The van der Waals surface area contributed by atoms with Gasteiger partial charge in [0.1, 0.15) is 5.82 Å². The summed E-state index contributed by atoms with van der Waals surface area (Å²) in [5.41, 5.74) is 1.66. The number of hydrogen-bond donors (Lipinski definition) is 2. The molecule has 0 aliphatic rings. The highest BCUT2D eigenvalue weighted by atomic mass is 79.9. The van der Waals surface area contributed by atoms with Gasteiger partial charge in [0, 0.05) is 16.2 Å². The maximum absolute atomic E-state index is 11.9. The minimum atomic E-state index is -0.250. The van der Waals surface area contributed by atoms with Gasteiger partial charge in [-0.15, -0.1) is 0 Å². The molecule has 2 N–H and O–H groups in total. The topological polar surface area (TPSA) is 54.0 Å². The summed E-state index contributed by atoms with van der Waals surface area (Å²) in [5, 5.41) is 5.67. The van der Waals surface area contributed by atoms with Crippen LogP contribution in [0.15, 0.2) is 47.1 Å². The van der Waals surface area contributed by atoms with Crippen LogP contribution in [0.5, 0.6) is 0 Å². The molecule has 0 aliphatic carbocycles. The van der Waals surface area contributed by atoms with Crippen molar-refractivity contribution >= 4 is 45.0 Å². The van der Waals surface area contributed by atoms with Crippen molar-refractivity contribution in [3.63, 3.8) is 0 Å². The molecule has 1 aromatic heterocycles. The maximum Gasteiger partial charge on any atom is 0.257 e. The highest BCUT2D eigenvalue weighted by Crippen LogP contribution is 2.10. The van der Waals surface area contributed by atoms with Gasteiger partial charge in [0.05, 0.1) is 0 Å². The Morgan fingerprint density at radius 2 is 1.90 bits per heavy atom. The number of thiocarbonyl (C=S) groups is 1. The molecule has 0 fully saturated rings. The zero-order valence-electron chi connectivity index (χ0n) is 10.7. The fraction of sp³-hybridized carbons (Fsp3) is 0.0714. The molecule has 1 amide bonds. The van der Waals surface area contributed by atoms with Crippen LogP contribution in [0.4, 0.5) is 5.82 Å². The number of pyridine rings is 1. The van der Waals surface area contributed by atoms with E-state index in [9.17, 15) is 4.79 Å². The van der Waals surface area contributed by atoms with Gasteiger partial charge in [-0.25, -0.2) is 4.98 Å². The Morgan fingerprint density at radius 3 is 2.50 bits per heavy atom. The van der Waals surface area contributed by atoms with Crippen molar-refractivity contribution in [2.75, 3.05) is 5.32 Å². The summed E-state index contributed by atoms with van der Waals surface area (Å²) in [7, 11) is 0. The average molecular weight is 350 g/mol. The molecule has 1 aromatic carbocycles. The first-order valence-electron chi connectivity index (χ1n) is 5.85. The predicted molar refractivity (Wildman–Crippen MR) is 86.8 cm³/mol. The number of benzene rings is 1. The van der Waals surface area contributed by atoms with Gasteiger partial charge < -0.3 is 5.32 Å². The van der Waals surface area contributed by atoms with Gasteiger partial charge in [-0.3, -0.25) is 10.1 Å². The quantitative estimate of drug-likeness (QED) is 0.817. The molecule has 1 heterocycles. The lowest BCUT2D eigenvalue weighted by Gasteiger charge is -2.09. The first-order valence-corrected chi connectivity index (χ1v) is 7.05. The van der Waals surface area contributed by atoms with Crippen LogP contribution < -0.4 is 10.6 Å². The molecule has 4 nitrogen and oxygen atoms in total. The lowest BCUT2D eigenvalue weighted by atomic mass is 10.1. The molecule has 0 spiro atoms. The Hall–Kier alpha value is -1.79. The molecular formula is C14H12BrN3OS. The lowest BCUT2D eigenvalue weighted by molar-refractivity contribution is 0.0978. The number of amides is 1. The van der Waals surface area contributed by atoms with Crippen molar-refractivity contribution < 1.29 is 4.79 Å². The molecule has 0 saturated heterocycles. The van der Waals surface area contributed by atoms with Crippen molar-refractivity contribution in [3.05, 3.63) is 58.2 Å². The number of nitrogens with zero attached hydrogens (tertiary/aromatic N) is 1. The summed E-state index contributed by atoms with van der Waals surface area (Å²) in [6.45, 7) is 1.97. The summed E-state index contributed by atoms with van der Waals surface area (Å²) in [4.78, 5) is 16.1. The summed E-state index contributed by atoms with van der Waals surface area (Å²) in [6.07, 6.45) is 1.65. The molecule has 0 saturated carbocycles. The molecule has 0 unspecified atom stereocenters. The molecule has 20 heavy (non-hydrogen) atoms. The Bertz CT molecular complexity index is 626. The standard InChI is InChI=1S/C14H12BrN3OS/c1-9-2-4-10(5-3-9)13(19)18-14(20)17-12-7-6-11(15)8-16-12/h2-8H,1H3,(H2,16,17,18,19,20). The van der Waals surface area contributed by atoms with E-state index in [0.717, 1.165) is 10.0 Å². The van der Waals surface area contributed by atoms with E-state index < -0.39 is 0 Å². The Balaban J connectivity index is 1.95. The van der Waals surface area contributed by atoms with E-state index in [1.807, 2.05) is 25.1 Å². The number of carbonyl (C=O) groups is 1. The van der Waals surface area contributed by atoms with Crippen LogP contribution in [0, 0.1) is 6.92 Å². The van der Waals surface area contributed by atoms with Crippen molar-refractivity contribution in [2.24, 2.45) is 0 Å². The number of anilines is 1. The smallest absolute Gasteiger partial charge is 0.257 e. The molecule has 0 aliphatic heterocycles. The molecule has 6 heteroatoms. The summed E-state index contributed by atoms with van der Waals surface area (Å²) >= 11 is 8.37. The minimum absolute atomic E-state index is 0.213. The zero-order valence-corrected chi connectivity index (χ0v) is 13.1. The monoisotopic (exact) mass is 349 g/mol. The fourth-order valence-corrected chi connectivity index (χ4v) is 1.91. The number of aromatic nitrogens is 1. The van der Waals surface area contributed by atoms with Gasteiger partial charge in [-0.2, -0.15) is 0 Å². The molecule has 2 rings (SSSR count). The van der Waals surface area contributed by atoms with Crippen LogP contribution in [0.1, 0.15) is 15.9 Å². The van der Waals surface area contributed by atoms with E-state index in [0.29, 0.717) is 11.4 Å². The molecule has 2 aromatic rings. The van der Waals surface area contributed by atoms with Gasteiger partial charge in [-0.05, 0) is 59.3 Å². The molecule has 102 valence electrons. The lowest BCUT2D eigenvalue weighted by Crippen LogP contribution is -2.34. The SMILES string of the molecule is Cc1ccc(C(=O)NC(=S)Nc2ccc(Br)cn2)cc1. The fourth-order valence-electron chi connectivity index (χ4n) is 1.48. The van der Waals surface area contributed by atoms with Gasteiger partial charge in [0.15, 0.2) is 5.11 Å². The third-order valence-electron chi connectivity index (χ3n) is 2.51. The second-order valence-corrected chi connectivity index (χ2v) is 5.46. The molecule has 0 radical (unpaired) electrons. The Kier molecular flexibility index (Phi) is 4.81. The highest BCUT2D eigenvalue weighted by molar-refractivity contribution is 9.10. The van der Waals surface area contributed by atoms with Crippen LogP contribution in [-0.4, -0.2) is 16.0 Å². The minimum Gasteiger partial charge on any atom is -0.317 e. The third-order valence-corrected chi connectivity index (χ3v) is 3.18. The van der Waals surface area contributed by atoms with Crippen molar-refractivity contribution in [1.82, 2.24) is 10.3 Å². The molecule has 0 bridgehead atoms. The van der Waals surface area contributed by atoms with Gasteiger partial charge in [-0.1, -0.05) is 17.7 Å². The number of rotatable bonds is 2. The number of hydrogen-bond acceptors (Lipinski definition) is 3. The predicted octanol–water partition coefficient (Wildman–Crippen LogP) is 3.28. The van der Waals surface area contributed by atoms with E-state index in [1.54, 1.807) is 24.4 Å². The summed E-state index contributed by atoms with van der Waals surface area (Å²) in [6, 6.07) is 10.9. The van der Waals surface area contributed by atoms with Crippen LogP contribution in [0.3, 0.4) is 0 Å². The van der Waals surface area contributed by atoms with E-state index in [2.05, 4.69) is 31.5 Å². The van der Waals surface area contributed by atoms with Crippen LogP contribution >= 0.6 is 28.1 Å². The number of nitrogens with one attached hydrogen (secondary N) is 2. The first kappa shape index (κ1) is 14.6. The second-order valence-electron chi connectivity index (χ2n) is 4.14. The summed E-state index contributed by atoms with van der Waals surface area (Å²) < 4.78 is 0.873. The third kappa shape index (κ3) is 4.11. The Labute approximate surface area is 130 Å². The largest absolute Gasteiger partial charge is 0.317 e. The highest BCUT2D eigenvalue weighted by Gasteiger charge is 2.07. The van der Waals surface area contributed by atoms with E-state index >= 15 is 0 Å². The number of aryl methyl sites for hydroxylation is 1. The number of halogens is 1. The normalized spacial score (nSPS) is 9.90. The van der Waals surface area contributed by atoms with Crippen molar-refractivity contribution in [3.8, 4) is 0 Å². The van der Waals surface area contributed by atoms with E-state index in [-0.39, 0.29) is 11.0 Å². The van der Waals surface area contributed by atoms with Gasteiger partial charge in [0.2, 0.25) is 0 Å². The van der Waals surface area contributed by atoms with E-state index in [1.165, 1.54) is 0 Å². The zero-order chi connectivity index (χ0) is 14.5. The summed E-state index contributed by atoms with van der Waals surface area (Å²) in [5.74, 6) is 0.321. The molecule has 0 atom stereocenters. The van der Waals surface area contributed by atoms with E-state index in [4.69, 9.17) is 12.2 Å². The number of carbonyl (C=O) groups excluding carboxylic acids is 1.